The molecule has 0 saturated carbocycles. The van der Waals surface area contributed by atoms with E-state index in [1.165, 1.54) is 0 Å². The third-order valence-corrected chi connectivity index (χ3v) is 0. The zero-order valence-electron chi connectivity index (χ0n) is 6.72. The summed E-state index contributed by atoms with van der Waals surface area (Å²) >= 11 is -2.51. The Morgan fingerprint density at radius 3 is 0.600 bits per heavy atom. The minimum atomic E-state index is -2.51. The maximum absolute atomic E-state index is 8.58. The van der Waals surface area contributed by atoms with Gasteiger partial charge in [-0.15, -0.1) is 0 Å². The molecule has 0 aliphatic carbocycles. The molecule has 0 fully saturated rings. The van der Waals surface area contributed by atoms with Crippen molar-refractivity contribution in [1.82, 2.24) is 0 Å². The average molecular weight is 456 g/mol. The number of rotatable bonds is 0. The first-order valence-electron chi connectivity index (χ1n) is 2.36. The van der Waals surface area contributed by atoms with Crippen molar-refractivity contribution in [3.8, 4) is 0 Å². The van der Waals surface area contributed by atoms with Crippen LogP contribution in [0, 0.1) is 27.8 Å². The predicted molar refractivity (Wildman–Crippen MR) is 33.3 cm³/mol. The fourth-order valence-electron chi connectivity index (χ4n) is 0. The van der Waals surface area contributed by atoms with Crippen molar-refractivity contribution < 1.29 is 77.3 Å². The molecule has 0 aromatic rings. The Hall–Kier alpha value is -1.54. The molecule has 0 aromatic carbocycles. The fraction of sp³-hybridized carbons (Fsp3) is 0. The summed E-state index contributed by atoms with van der Waals surface area (Å²) in [5.74, 6) is 0. The molecule has 11 nitrogen and oxygen atoms in total. The fourth-order valence-corrected chi connectivity index (χ4v) is 0. The Balaban J connectivity index is -0.0000000542. The second-order valence-corrected chi connectivity index (χ2v) is 1.63. The van der Waals surface area contributed by atoms with E-state index in [1.54, 1.807) is 0 Å². The molecule has 6 N–H and O–H groups in total. The quantitative estimate of drug-likeness (QED) is 0.295. The standard InChI is InChI=1S/3CH2O3.2O.U/c3*2-1(3)4;;;/h3*(H2,2,3,4);;;. The van der Waals surface area contributed by atoms with Crippen LogP contribution in [0.5, 0.6) is 0 Å². The zero-order chi connectivity index (χ0) is 13.4. The number of hydrogen-bond donors (Lipinski definition) is 6. The van der Waals surface area contributed by atoms with Crippen molar-refractivity contribution in [3.63, 3.8) is 0 Å². The van der Waals surface area contributed by atoms with E-state index >= 15 is 0 Å². The van der Waals surface area contributed by atoms with Crippen LogP contribution in [0.15, 0.2) is 0 Å². The summed E-state index contributed by atoms with van der Waals surface area (Å²) in [5, 5.41) is 41.8. The number of hydrogen-bond acceptors (Lipinski definition) is 5. The van der Waals surface area contributed by atoms with Crippen LogP contribution in [0.25, 0.3) is 0 Å². The van der Waals surface area contributed by atoms with Gasteiger partial charge >= 0.3 is 50.8 Å². The molecule has 0 radical (unpaired) electrons. The van der Waals surface area contributed by atoms with E-state index in [9.17, 15) is 0 Å². The normalized spacial score (nSPS) is 5.33. The van der Waals surface area contributed by atoms with Crippen molar-refractivity contribution in [3.05, 3.63) is 0 Å². The summed E-state index contributed by atoms with van der Waals surface area (Å²) in [6, 6.07) is 0. The molecule has 0 aliphatic rings. The summed E-state index contributed by atoms with van der Waals surface area (Å²) in [5.41, 5.74) is 0. The average Bonchev–Trinajstić information content (AvgIpc) is 1.81. The zero-order valence-corrected chi connectivity index (χ0v) is 10.9. The van der Waals surface area contributed by atoms with Crippen LogP contribution < -0.4 is 0 Å². The molecule has 15 heavy (non-hydrogen) atoms. The molecule has 0 spiro atoms. The van der Waals surface area contributed by atoms with Gasteiger partial charge in [0.1, 0.15) is 0 Å². The SMILES string of the molecule is O=C(O)O.O=C(O)O.O=C(O)O.[O]=[U]=[O]. The molecule has 88 valence electrons. The Morgan fingerprint density at radius 1 is 0.600 bits per heavy atom. The van der Waals surface area contributed by atoms with Gasteiger partial charge in [0, 0.05) is 0 Å². The van der Waals surface area contributed by atoms with Crippen molar-refractivity contribution in [2.24, 2.45) is 0 Å². The van der Waals surface area contributed by atoms with Gasteiger partial charge in [0.25, 0.3) is 0 Å². The van der Waals surface area contributed by atoms with Crippen LogP contribution in [-0.4, -0.2) is 49.1 Å². The van der Waals surface area contributed by atoms with Crippen LogP contribution in [0.2, 0.25) is 0 Å². The first-order valence-corrected chi connectivity index (χ1v) is 5.76. The van der Waals surface area contributed by atoms with Crippen LogP contribution >= 0.6 is 0 Å². The van der Waals surface area contributed by atoms with E-state index in [0.29, 0.717) is 0 Å². The first-order chi connectivity index (χ1) is 6.61. The van der Waals surface area contributed by atoms with Crippen molar-refractivity contribution in [2.75, 3.05) is 0 Å². The Bertz CT molecular complexity index is 173. The molecule has 0 aromatic heterocycles. The third kappa shape index (κ3) is 577. The topological polar surface area (TPSA) is 207 Å². The van der Waals surface area contributed by atoms with E-state index < -0.39 is 46.3 Å². The van der Waals surface area contributed by atoms with Gasteiger partial charge in [-0.3, -0.25) is 0 Å². The van der Waals surface area contributed by atoms with E-state index in [0.717, 1.165) is 0 Å². The van der Waals surface area contributed by atoms with Crippen LogP contribution in [0.1, 0.15) is 0 Å². The maximum atomic E-state index is 8.58. The van der Waals surface area contributed by atoms with Gasteiger partial charge < -0.3 is 30.6 Å². The van der Waals surface area contributed by atoms with Gasteiger partial charge in [0.15, 0.2) is 0 Å². The second kappa shape index (κ2) is 22.9. The summed E-state index contributed by atoms with van der Waals surface area (Å²) in [6.45, 7) is 0. The molecule has 12 heteroatoms. The van der Waals surface area contributed by atoms with Crippen molar-refractivity contribution in [1.29, 1.82) is 0 Å². The number of carboxylic acid groups (broad SMARTS) is 6. The molecule has 0 saturated heterocycles. The number of carbonyl (C=O) groups is 3. The summed E-state index contributed by atoms with van der Waals surface area (Å²) < 4.78 is 17.2. The van der Waals surface area contributed by atoms with Gasteiger partial charge in [-0.1, -0.05) is 0 Å². The van der Waals surface area contributed by atoms with Gasteiger partial charge in [-0.2, -0.15) is 0 Å². The summed E-state index contributed by atoms with van der Waals surface area (Å²) in [4.78, 5) is 25.7. The minimum absolute atomic E-state index is 1.83. The second-order valence-electron chi connectivity index (χ2n) is 0.931. The molecule has 0 unspecified atom stereocenters. The van der Waals surface area contributed by atoms with Gasteiger partial charge in [0.05, 0.1) is 0 Å². The Labute approximate surface area is 95.8 Å². The van der Waals surface area contributed by atoms with Gasteiger partial charge in [-0.05, 0) is 0 Å². The van der Waals surface area contributed by atoms with E-state index in [1.807, 2.05) is 0 Å². The molecule has 0 heterocycles. The summed E-state index contributed by atoms with van der Waals surface area (Å²) in [7, 11) is 0. The molecule has 0 bridgehead atoms. The molecule has 0 atom stereocenters. The third-order valence-electron chi connectivity index (χ3n) is 0. The predicted octanol–water partition coefficient (Wildman–Crippen LogP) is 0.430. The van der Waals surface area contributed by atoms with E-state index in [4.69, 9.17) is 49.5 Å². The molecular formula is C3H6O11U. The molecular weight excluding hydrogens is 450 g/mol. The van der Waals surface area contributed by atoms with E-state index in [2.05, 4.69) is 0 Å². The van der Waals surface area contributed by atoms with Crippen LogP contribution in [0.4, 0.5) is 14.4 Å². The van der Waals surface area contributed by atoms with Gasteiger partial charge in [-0.25, -0.2) is 14.4 Å². The van der Waals surface area contributed by atoms with Crippen molar-refractivity contribution >= 4 is 18.5 Å². The Morgan fingerprint density at radius 2 is 0.600 bits per heavy atom. The molecule has 0 aliphatic heterocycles. The van der Waals surface area contributed by atoms with Crippen molar-refractivity contribution in [2.45, 2.75) is 0 Å². The monoisotopic (exact) mass is 456 g/mol. The van der Waals surface area contributed by atoms with E-state index in [-0.39, 0.29) is 0 Å². The molecule has 0 rings (SSSR count). The van der Waals surface area contributed by atoms with Gasteiger partial charge in [0.2, 0.25) is 0 Å². The van der Waals surface area contributed by atoms with Crippen LogP contribution in [0.3, 0.4) is 0 Å². The summed E-state index contributed by atoms with van der Waals surface area (Å²) in [6.07, 6.45) is -5.50. The first kappa shape index (κ1) is 23.4. The molecule has 0 amide bonds. The van der Waals surface area contributed by atoms with Crippen LogP contribution in [-0.2, 0) is 4.47 Å². The Kier molecular flexibility index (Phi) is 35.6.